The van der Waals surface area contributed by atoms with Gasteiger partial charge in [-0.3, -0.25) is 4.79 Å². The van der Waals surface area contributed by atoms with Gasteiger partial charge in [0.1, 0.15) is 11.7 Å². The van der Waals surface area contributed by atoms with E-state index in [-0.39, 0.29) is 5.91 Å². The van der Waals surface area contributed by atoms with Gasteiger partial charge in [0.15, 0.2) is 5.82 Å². The Morgan fingerprint density at radius 3 is 2.75 bits per heavy atom. The van der Waals surface area contributed by atoms with Crippen molar-refractivity contribution < 1.29 is 9.53 Å². The summed E-state index contributed by atoms with van der Waals surface area (Å²) in [5, 5.41) is 16.8. The Bertz CT molecular complexity index is 790. The topological polar surface area (TPSA) is 92.8 Å². The van der Waals surface area contributed by atoms with Gasteiger partial charge in [0.05, 0.1) is 7.11 Å². The lowest BCUT2D eigenvalue weighted by Gasteiger charge is -2.14. The van der Waals surface area contributed by atoms with E-state index in [1.54, 1.807) is 7.11 Å². The minimum Gasteiger partial charge on any atom is -0.497 e. The van der Waals surface area contributed by atoms with E-state index in [2.05, 4.69) is 25.9 Å². The summed E-state index contributed by atoms with van der Waals surface area (Å²) in [6, 6.07) is 16.8. The van der Waals surface area contributed by atoms with Crippen LogP contribution in [0.2, 0.25) is 0 Å². The van der Waals surface area contributed by atoms with Crippen LogP contribution in [0.1, 0.15) is 17.3 Å². The minimum atomic E-state index is -0.559. The van der Waals surface area contributed by atoms with Crippen LogP contribution in [-0.2, 0) is 11.2 Å². The van der Waals surface area contributed by atoms with Crippen LogP contribution >= 0.6 is 0 Å². The molecule has 1 heterocycles. The molecule has 0 aliphatic rings. The number of carbonyl (C=O) groups is 1. The number of aromatic nitrogens is 4. The van der Waals surface area contributed by atoms with Crippen LogP contribution in [-0.4, -0.2) is 33.6 Å². The minimum absolute atomic E-state index is 0.189. The molecule has 1 atom stereocenters. The van der Waals surface area contributed by atoms with Crippen molar-refractivity contribution in [3.8, 4) is 5.75 Å². The highest BCUT2D eigenvalue weighted by atomic mass is 16.5. The zero-order chi connectivity index (χ0) is 16.8. The van der Waals surface area contributed by atoms with Gasteiger partial charge in [-0.15, -0.1) is 10.2 Å². The van der Waals surface area contributed by atoms with Gasteiger partial charge in [-0.1, -0.05) is 35.5 Å². The number of rotatable bonds is 6. The number of para-hydroxylation sites is 1. The molecule has 0 radical (unpaired) electrons. The zero-order valence-electron chi connectivity index (χ0n) is 13.1. The molecule has 2 aromatic carbocycles. The number of ether oxygens (including phenoxy) is 1. The van der Waals surface area contributed by atoms with Crippen LogP contribution in [0, 0.1) is 0 Å². The normalized spacial score (nSPS) is 11.7. The van der Waals surface area contributed by atoms with Gasteiger partial charge in [0.2, 0.25) is 5.91 Å². The number of nitrogens with zero attached hydrogens (tertiary/aromatic N) is 3. The first kappa shape index (κ1) is 15.7. The molecular weight excluding hydrogens is 306 g/mol. The number of amides is 1. The summed E-state index contributed by atoms with van der Waals surface area (Å²) in [4.78, 5) is 12.7. The van der Waals surface area contributed by atoms with Crippen LogP contribution < -0.4 is 10.1 Å². The van der Waals surface area contributed by atoms with E-state index in [0.29, 0.717) is 12.2 Å². The number of hydrogen-bond acceptors (Lipinski definition) is 5. The molecule has 0 bridgehead atoms. The third kappa shape index (κ3) is 3.75. The molecule has 0 saturated heterocycles. The van der Waals surface area contributed by atoms with E-state index in [4.69, 9.17) is 4.74 Å². The van der Waals surface area contributed by atoms with Crippen molar-refractivity contribution in [1.82, 2.24) is 20.6 Å². The maximum Gasteiger partial charge on any atom is 0.235 e. The number of aromatic amines is 1. The first-order valence-electron chi connectivity index (χ1n) is 7.48. The Morgan fingerprint density at radius 2 is 2.04 bits per heavy atom. The zero-order valence-corrected chi connectivity index (χ0v) is 13.1. The third-order valence-corrected chi connectivity index (χ3v) is 3.61. The van der Waals surface area contributed by atoms with Gasteiger partial charge >= 0.3 is 0 Å². The van der Waals surface area contributed by atoms with Crippen molar-refractivity contribution in [2.75, 3.05) is 12.4 Å². The fourth-order valence-electron chi connectivity index (χ4n) is 2.40. The second-order valence-electron chi connectivity index (χ2n) is 5.23. The maximum atomic E-state index is 12.7. The molecule has 0 aliphatic heterocycles. The summed E-state index contributed by atoms with van der Waals surface area (Å²) >= 11 is 0. The van der Waals surface area contributed by atoms with Gasteiger partial charge in [0, 0.05) is 5.69 Å². The van der Waals surface area contributed by atoms with Crippen molar-refractivity contribution in [3.63, 3.8) is 0 Å². The Morgan fingerprint density at radius 1 is 1.21 bits per heavy atom. The molecule has 3 rings (SSSR count). The van der Waals surface area contributed by atoms with Crippen LogP contribution in [0.3, 0.4) is 0 Å². The van der Waals surface area contributed by atoms with E-state index >= 15 is 0 Å². The fourth-order valence-corrected chi connectivity index (χ4v) is 2.40. The number of tetrazole rings is 1. The molecule has 0 aliphatic carbocycles. The molecule has 7 nitrogen and oxygen atoms in total. The van der Waals surface area contributed by atoms with E-state index in [0.717, 1.165) is 17.0 Å². The summed E-state index contributed by atoms with van der Waals surface area (Å²) in [5.74, 6) is 0.343. The van der Waals surface area contributed by atoms with Crippen LogP contribution in [0.4, 0.5) is 5.69 Å². The van der Waals surface area contributed by atoms with Gasteiger partial charge in [-0.2, -0.15) is 5.21 Å². The summed E-state index contributed by atoms with van der Waals surface area (Å²) in [6.45, 7) is 0. The number of hydrogen-bond donors (Lipinski definition) is 2. The number of anilines is 1. The van der Waals surface area contributed by atoms with E-state index in [1.165, 1.54) is 0 Å². The molecule has 24 heavy (non-hydrogen) atoms. The Balaban J connectivity index is 1.82. The predicted molar refractivity (Wildman–Crippen MR) is 88.7 cm³/mol. The number of H-pyrrole nitrogens is 1. The molecule has 0 unspecified atom stereocenters. The largest absolute Gasteiger partial charge is 0.497 e. The van der Waals surface area contributed by atoms with E-state index in [9.17, 15) is 4.79 Å². The highest BCUT2D eigenvalue weighted by Crippen LogP contribution is 2.22. The lowest BCUT2D eigenvalue weighted by molar-refractivity contribution is -0.117. The predicted octanol–water partition coefficient (Wildman–Crippen LogP) is 2.17. The molecular formula is C17H17N5O2. The molecule has 0 fully saturated rings. The first-order valence-corrected chi connectivity index (χ1v) is 7.48. The lowest BCUT2D eigenvalue weighted by Crippen LogP contribution is -2.24. The van der Waals surface area contributed by atoms with Gasteiger partial charge in [-0.05, 0) is 36.2 Å². The van der Waals surface area contributed by atoms with Crippen molar-refractivity contribution in [2.24, 2.45) is 0 Å². The molecule has 2 N–H and O–H groups in total. The molecule has 122 valence electrons. The van der Waals surface area contributed by atoms with E-state index in [1.807, 2.05) is 54.6 Å². The highest BCUT2D eigenvalue weighted by Gasteiger charge is 2.25. The number of methoxy groups -OCH3 is 1. The molecule has 0 spiro atoms. The lowest BCUT2D eigenvalue weighted by atomic mass is 9.97. The number of nitrogens with one attached hydrogen (secondary N) is 2. The van der Waals surface area contributed by atoms with Crippen molar-refractivity contribution in [3.05, 3.63) is 66.0 Å². The average molecular weight is 323 g/mol. The second kappa shape index (κ2) is 7.36. The van der Waals surface area contributed by atoms with Crippen molar-refractivity contribution in [2.45, 2.75) is 12.3 Å². The quantitative estimate of drug-likeness (QED) is 0.725. The highest BCUT2D eigenvalue weighted by molar-refractivity contribution is 5.95. The monoisotopic (exact) mass is 323 g/mol. The molecule has 0 saturated carbocycles. The Kier molecular flexibility index (Phi) is 4.81. The van der Waals surface area contributed by atoms with Gasteiger partial charge in [-0.25, -0.2) is 0 Å². The number of benzene rings is 2. The van der Waals surface area contributed by atoms with Crippen LogP contribution in [0.25, 0.3) is 0 Å². The van der Waals surface area contributed by atoms with Crippen molar-refractivity contribution >= 4 is 11.6 Å². The number of carbonyl (C=O) groups excluding carboxylic acids is 1. The second-order valence-corrected chi connectivity index (χ2v) is 5.23. The standard InChI is InChI=1S/C17H17N5O2/c1-24-14-9-5-6-12(10-14)11-15(16-19-21-22-20-16)17(23)18-13-7-3-2-4-8-13/h2-10,15H,11H2,1H3,(H,18,23)(H,19,20,21,22)/t15-/m1/s1. The average Bonchev–Trinajstić information content (AvgIpc) is 3.15. The van der Waals surface area contributed by atoms with Gasteiger partial charge < -0.3 is 10.1 Å². The van der Waals surface area contributed by atoms with Crippen LogP contribution in [0.5, 0.6) is 5.75 Å². The third-order valence-electron chi connectivity index (χ3n) is 3.61. The summed E-state index contributed by atoms with van der Waals surface area (Å²) in [7, 11) is 1.61. The smallest absolute Gasteiger partial charge is 0.235 e. The maximum absolute atomic E-state index is 12.7. The van der Waals surface area contributed by atoms with E-state index < -0.39 is 5.92 Å². The Hall–Kier alpha value is -3.22. The summed E-state index contributed by atoms with van der Waals surface area (Å²) in [5.41, 5.74) is 1.67. The molecule has 7 heteroatoms. The molecule has 1 aromatic heterocycles. The fraction of sp³-hybridized carbons (Fsp3) is 0.176. The Labute approximate surface area is 139 Å². The first-order chi connectivity index (χ1) is 11.8. The van der Waals surface area contributed by atoms with Crippen molar-refractivity contribution in [1.29, 1.82) is 0 Å². The van der Waals surface area contributed by atoms with Crippen LogP contribution in [0.15, 0.2) is 54.6 Å². The SMILES string of the molecule is COc1cccc(C[C@@H](C(=O)Nc2ccccc2)c2nn[nH]n2)c1. The van der Waals surface area contributed by atoms with Gasteiger partial charge in [0.25, 0.3) is 0 Å². The molecule has 1 amide bonds. The summed E-state index contributed by atoms with van der Waals surface area (Å²) < 4.78 is 5.23. The summed E-state index contributed by atoms with van der Waals surface area (Å²) in [6.07, 6.45) is 0.440. The molecule has 3 aromatic rings.